The van der Waals surface area contributed by atoms with Crippen LogP contribution in [-0.4, -0.2) is 29.7 Å². The molecule has 0 bridgehead atoms. The van der Waals surface area contributed by atoms with Crippen molar-refractivity contribution in [3.8, 4) is 5.75 Å². The molecule has 0 aliphatic heterocycles. The number of nitrogens with zero attached hydrogens (tertiary/aromatic N) is 1. The van der Waals surface area contributed by atoms with E-state index < -0.39 is 6.10 Å². The van der Waals surface area contributed by atoms with Gasteiger partial charge in [-0.15, -0.1) is 0 Å². The van der Waals surface area contributed by atoms with Crippen molar-refractivity contribution in [1.82, 2.24) is 4.90 Å². The summed E-state index contributed by atoms with van der Waals surface area (Å²) in [5, 5.41) is 10.6. The van der Waals surface area contributed by atoms with E-state index in [4.69, 9.17) is 4.74 Å². The molecule has 0 saturated carbocycles. The van der Waals surface area contributed by atoms with Gasteiger partial charge in [0, 0.05) is 18.2 Å². The molecule has 0 heterocycles. The van der Waals surface area contributed by atoms with Crippen molar-refractivity contribution < 1.29 is 9.84 Å². The maximum atomic E-state index is 10.6. The maximum absolute atomic E-state index is 10.6. The fourth-order valence-electron chi connectivity index (χ4n) is 2.89. The molecule has 2 rings (SSSR count). The number of unbranched alkanes of at least 4 members (excludes halogenated alkanes) is 2. The van der Waals surface area contributed by atoms with Crippen LogP contribution in [0.4, 0.5) is 0 Å². The Kier molecular flexibility index (Phi) is 7.96. The minimum Gasteiger partial charge on any atom is -0.493 e. The summed E-state index contributed by atoms with van der Waals surface area (Å²) in [6, 6.07) is 18.0. The van der Waals surface area contributed by atoms with Crippen LogP contribution < -0.4 is 4.74 Å². The summed E-state index contributed by atoms with van der Waals surface area (Å²) in [5.74, 6) is 0.951. The first-order valence-electron chi connectivity index (χ1n) is 9.27. The smallest absolute Gasteiger partial charge is 0.123 e. The Morgan fingerprint density at radius 1 is 1.00 bits per heavy atom. The van der Waals surface area contributed by atoms with Crippen molar-refractivity contribution in [2.24, 2.45) is 0 Å². The highest BCUT2D eigenvalue weighted by Crippen LogP contribution is 2.24. The van der Waals surface area contributed by atoms with Crippen molar-refractivity contribution in [2.75, 3.05) is 13.7 Å². The van der Waals surface area contributed by atoms with E-state index in [1.807, 2.05) is 55.6 Å². The number of hydrogen-bond acceptors (Lipinski definition) is 3. The zero-order valence-corrected chi connectivity index (χ0v) is 15.7. The third kappa shape index (κ3) is 5.87. The van der Waals surface area contributed by atoms with Gasteiger partial charge in [-0.2, -0.15) is 0 Å². The second-order valence-corrected chi connectivity index (χ2v) is 6.67. The number of ether oxygens (including phenoxy) is 1. The summed E-state index contributed by atoms with van der Waals surface area (Å²) >= 11 is 0. The van der Waals surface area contributed by atoms with E-state index in [0.29, 0.717) is 0 Å². The Morgan fingerprint density at radius 3 is 2.40 bits per heavy atom. The molecule has 2 aromatic rings. The number of aliphatic hydroxyl groups excluding tert-OH is 1. The first-order valence-corrected chi connectivity index (χ1v) is 9.27. The van der Waals surface area contributed by atoms with Gasteiger partial charge in [0.25, 0.3) is 0 Å². The average molecular weight is 341 g/mol. The molecule has 1 N–H and O–H groups in total. The molecule has 0 aliphatic carbocycles. The van der Waals surface area contributed by atoms with E-state index >= 15 is 0 Å². The molecular formula is C22H31NO2. The van der Waals surface area contributed by atoms with E-state index in [9.17, 15) is 5.11 Å². The molecule has 136 valence electrons. The van der Waals surface area contributed by atoms with Crippen molar-refractivity contribution in [3.05, 3.63) is 65.7 Å². The maximum Gasteiger partial charge on any atom is 0.123 e. The lowest BCUT2D eigenvalue weighted by Crippen LogP contribution is -2.34. The summed E-state index contributed by atoms with van der Waals surface area (Å²) in [4.78, 5) is 2.17. The first-order chi connectivity index (χ1) is 12.1. The van der Waals surface area contributed by atoms with Gasteiger partial charge in [0.2, 0.25) is 0 Å². The molecular weight excluding hydrogens is 310 g/mol. The number of hydrogen-bond donors (Lipinski definition) is 1. The normalized spacial score (nSPS) is 13.6. The van der Waals surface area contributed by atoms with Crippen LogP contribution in [0.5, 0.6) is 5.75 Å². The molecule has 0 amide bonds. The summed E-state index contributed by atoms with van der Waals surface area (Å²) in [6.07, 6.45) is 2.97. The molecule has 0 aliphatic rings. The third-order valence-electron chi connectivity index (χ3n) is 4.69. The van der Waals surface area contributed by atoms with Crippen molar-refractivity contribution in [3.63, 3.8) is 0 Å². The molecule has 3 nitrogen and oxygen atoms in total. The van der Waals surface area contributed by atoms with Gasteiger partial charge in [0.15, 0.2) is 0 Å². The van der Waals surface area contributed by atoms with Gasteiger partial charge in [-0.05, 0) is 32.0 Å². The van der Waals surface area contributed by atoms with Gasteiger partial charge >= 0.3 is 0 Å². The Balaban J connectivity index is 1.98. The zero-order chi connectivity index (χ0) is 18.1. The van der Waals surface area contributed by atoms with Crippen LogP contribution in [-0.2, 0) is 6.54 Å². The van der Waals surface area contributed by atoms with E-state index in [0.717, 1.165) is 36.4 Å². The number of likely N-dealkylation sites (N-methyl/N-ethyl adjacent to an activating group) is 1. The van der Waals surface area contributed by atoms with Gasteiger partial charge < -0.3 is 9.84 Å². The Hall–Kier alpha value is -1.84. The highest BCUT2D eigenvalue weighted by Gasteiger charge is 2.21. The lowest BCUT2D eigenvalue weighted by molar-refractivity contribution is 0.0683. The van der Waals surface area contributed by atoms with E-state index in [1.165, 1.54) is 12.8 Å². The summed E-state index contributed by atoms with van der Waals surface area (Å²) < 4.78 is 5.98. The number of aliphatic hydroxyl groups is 1. The monoisotopic (exact) mass is 341 g/mol. The predicted octanol–water partition coefficient (Wildman–Crippen LogP) is 4.81. The SMILES string of the molecule is CCCCCOc1ccccc1CN(C)C(C)C(O)c1ccccc1. The third-order valence-corrected chi connectivity index (χ3v) is 4.69. The molecule has 2 aromatic carbocycles. The van der Waals surface area contributed by atoms with Gasteiger partial charge in [-0.25, -0.2) is 0 Å². The van der Waals surface area contributed by atoms with E-state index in [1.54, 1.807) is 0 Å². The zero-order valence-electron chi connectivity index (χ0n) is 15.7. The standard InChI is InChI=1S/C22H31NO2/c1-4-5-11-16-25-21-15-10-9-14-20(21)17-23(3)18(2)22(24)19-12-7-6-8-13-19/h6-10,12-15,18,22,24H,4-5,11,16-17H2,1-3H3. The Labute approximate surface area is 152 Å². The summed E-state index contributed by atoms with van der Waals surface area (Å²) in [7, 11) is 2.05. The second-order valence-electron chi connectivity index (χ2n) is 6.67. The quantitative estimate of drug-likeness (QED) is 0.630. The molecule has 0 aromatic heterocycles. The minimum atomic E-state index is -0.510. The van der Waals surface area contributed by atoms with Gasteiger partial charge in [-0.1, -0.05) is 68.3 Å². The summed E-state index contributed by atoms with van der Waals surface area (Å²) in [5.41, 5.74) is 2.11. The fraction of sp³-hybridized carbons (Fsp3) is 0.455. The van der Waals surface area contributed by atoms with Crippen LogP contribution in [0.15, 0.2) is 54.6 Å². The van der Waals surface area contributed by atoms with Gasteiger partial charge in [-0.3, -0.25) is 4.90 Å². The van der Waals surface area contributed by atoms with Gasteiger partial charge in [0.1, 0.15) is 5.75 Å². The second kappa shape index (κ2) is 10.2. The molecule has 0 fully saturated rings. The van der Waals surface area contributed by atoms with Crippen LogP contribution >= 0.6 is 0 Å². The van der Waals surface area contributed by atoms with Crippen molar-refractivity contribution >= 4 is 0 Å². The van der Waals surface area contributed by atoms with Crippen molar-refractivity contribution in [2.45, 2.75) is 51.8 Å². The van der Waals surface area contributed by atoms with Crippen molar-refractivity contribution in [1.29, 1.82) is 0 Å². The fourth-order valence-corrected chi connectivity index (χ4v) is 2.89. The van der Waals surface area contributed by atoms with Crippen LogP contribution in [0.1, 0.15) is 50.3 Å². The molecule has 0 saturated heterocycles. The van der Waals surface area contributed by atoms with E-state index in [2.05, 4.69) is 24.8 Å². The topological polar surface area (TPSA) is 32.7 Å². The molecule has 0 radical (unpaired) electrons. The molecule has 25 heavy (non-hydrogen) atoms. The molecule has 0 spiro atoms. The minimum absolute atomic E-state index is 0.00977. The molecule has 2 unspecified atom stereocenters. The van der Waals surface area contributed by atoms with Crippen LogP contribution in [0.25, 0.3) is 0 Å². The van der Waals surface area contributed by atoms with Crippen LogP contribution in [0.2, 0.25) is 0 Å². The Morgan fingerprint density at radius 2 is 1.68 bits per heavy atom. The van der Waals surface area contributed by atoms with Crippen LogP contribution in [0.3, 0.4) is 0 Å². The highest BCUT2D eigenvalue weighted by atomic mass is 16.5. The number of benzene rings is 2. The largest absolute Gasteiger partial charge is 0.493 e. The predicted molar refractivity (Wildman–Crippen MR) is 104 cm³/mol. The lowest BCUT2D eigenvalue weighted by Gasteiger charge is -2.29. The van der Waals surface area contributed by atoms with Crippen LogP contribution in [0, 0.1) is 0 Å². The Bertz CT molecular complexity index is 614. The van der Waals surface area contributed by atoms with E-state index in [-0.39, 0.29) is 6.04 Å². The number of para-hydroxylation sites is 1. The van der Waals surface area contributed by atoms with Gasteiger partial charge in [0.05, 0.1) is 12.7 Å². The first kappa shape index (κ1) is 19.5. The average Bonchev–Trinajstić information content (AvgIpc) is 2.66. The highest BCUT2D eigenvalue weighted by molar-refractivity contribution is 5.33. The number of rotatable bonds is 10. The molecule has 3 heteroatoms. The summed E-state index contributed by atoms with van der Waals surface area (Å²) in [6.45, 7) is 5.76. The molecule has 2 atom stereocenters. The lowest BCUT2D eigenvalue weighted by atomic mass is 10.0.